The Kier molecular flexibility index (Phi) is 5.31. The molecule has 1 aliphatic heterocycles. The first kappa shape index (κ1) is 15.9. The van der Waals surface area contributed by atoms with Crippen LogP contribution in [-0.4, -0.2) is 56.2 Å². The number of methoxy groups -OCH3 is 1. The Morgan fingerprint density at radius 1 is 1.52 bits per heavy atom. The van der Waals surface area contributed by atoms with Crippen molar-refractivity contribution < 1.29 is 18.3 Å². The second-order valence-corrected chi connectivity index (χ2v) is 6.78. The molecule has 1 fully saturated rings. The quantitative estimate of drug-likeness (QED) is 0.797. The van der Waals surface area contributed by atoms with Gasteiger partial charge in [0.25, 0.3) is 0 Å². The van der Waals surface area contributed by atoms with Crippen molar-refractivity contribution in [3.8, 4) is 11.8 Å². The van der Waals surface area contributed by atoms with Gasteiger partial charge >= 0.3 is 0 Å². The summed E-state index contributed by atoms with van der Waals surface area (Å²) in [6.07, 6.45) is 3.59. The van der Waals surface area contributed by atoms with E-state index in [0.29, 0.717) is 25.3 Å². The van der Waals surface area contributed by atoms with E-state index in [-0.39, 0.29) is 17.4 Å². The van der Waals surface area contributed by atoms with E-state index in [0.717, 1.165) is 6.42 Å². The van der Waals surface area contributed by atoms with Crippen molar-refractivity contribution in [2.24, 2.45) is 5.92 Å². The first-order chi connectivity index (χ1) is 10.1. The van der Waals surface area contributed by atoms with E-state index in [1.807, 2.05) is 0 Å². The molecule has 0 amide bonds. The van der Waals surface area contributed by atoms with Gasteiger partial charge in [-0.25, -0.2) is 8.42 Å². The van der Waals surface area contributed by atoms with Crippen LogP contribution in [0.4, 0.5) is 0 Å². The lowest BCUT2D eigenvalue weighted by Gasteiger charge is -2.16. The molecule has 0 radical (unpaired) electrons. The number of sulfonamides is 1. The summed E-state index contributed by atoms with van der Waals surface area (Å²) in [5.41, 5.74) is 0.470. The van der Waals surface area contributed by atoms with E-state index >= 15 is 0 Å². The lowest BCUT2D eigenvalue weighted by molar-refractivity contribution is 0.157. The van der Waals surface area contributed by atoms with Crippen LogP contribution in [0, 0.1) is 17.8 Å². The molecule has 2 heterocycles. The molecule has 21 heavy (non-hydrogen) atoms. The normalized spacial score (nSPS) is 19.2. The average molecular weight is 310 g/mol. The lowest BCUT2D eigenvalue weighted by atomic mass is 10.1. The standard InChI is InChI=1S/C14H18N2O4S/c1-20-11-13-4-5-16(10-13)21(18,19)14-7-12(3-2-6-17)8-15-9-14/h7-9,13,17H,4-6,10-11H2,1H3. The van der Waals surface area contributed by atoms with E-state index in [4.69, 9.17) is 9.84 Å². The van der Waals surface area contributed by atoms with Crippen molar-refractivity contribution in [3.63, 3.8) is 0 Å². The highest BCUT2D eigenvalue weighted by molar-refractivity contribution is 7.89. The maximum Gasteiger partial charge on any atom is 0.244 e. The number of rotatable bonds is 4. The van der Waals surface area contributed by atoms with E-state index in [1.165, 1.54) is 22.8 Å². The lowest BCUT2D eigenvalue weighted by Crippen LogP contribution is -2.29. The van der Waals surface area contributed by atoms with Crippen LogP contribution in [0.15, 0.2) is 23.4 Å². The van der Waals surface area contributed by atoms with Crippen molar-refractivity contribution in [1.82, 2.24) is 9.29 Å². The molecule has 1 atom stereocenters. The molecule has 1 N–H and O–H groups in total. The molecule has 0 bridgehead atoms. The average Bonchev–Trinajstić information content (AvgIpc) is 2.95. The molecule has 7 heteroatoms. The van der Waals surface area contributed by atoms with Gasteiger partial charge in [-0.2, -0.15) is 4.31 Å². The topological polar surface area (TPSA) is 79.7 Å². The molecule has 1 unspecified atom stereocenters. The zero-order chi connectivity index (χ0) is 15.3. The number of nitrogens with zero attached hydrogens (tertiary/aromatic N) is 2. The summed E-state index contributed by atoms with van der Waals surface area (Å²) in [5.74, 6) is 5.37. The number of aliphatic hydroxyl groups excluding tert-OH is 1. The van der Waals surface area contributed by atoms with Crippen molar-refractivity contribution in [1.29, 1.82) is 0 Å². The van der Waals surface area contributed by atoms with Gasteiger partial charge in [0.2, 0.25) is 10.0 Å². The second kappa shape index (κ2) is 7.00. The van der Waals surface area contributed by atoms with Gasteiger partial charge in [-0.15, -0.1) is 0 Å². The maximum absolute atomic E-state index is 12.6. The van der Waals surface area contributed by atoms with E-state index in [1.54, 1.807) is 7.11 Å². The van der Waals surface area contributed by atoms with Crippen molar-refractivity contribution in [2.75, 3.05) is 33.4 Å². The van der Waals surface area contributed by atoms with Gasteiger partial charge in [0.05, 0.1) is 6.61 Å². The fraction of sp³-hybridized carbons (Fsp3) is 0.500. The smallest absolute Gasteiger partial charge is 0.244 e. The molecule has 0 spiro atoms. The third-order valence-corrected chi connectivity index (χ3v) is 5.14. The molecule has 2 rings (SSSR count). The SMILES string of the molecule is COCC1CCN(S(=O)(=O)c2cncc(C#CCO)c2)C1. The Hall–Kier alpha value is -1.46. The summed E-state index contributed by atoms with van der Waals surface area (Å²) < 4.78 is 31.7. The number of pyridine rings is 1. The number of aromatic nitrogens is 1. The van der Waals surface area contributed by atoms with Crippen LogP contribution in [0.3, 0.4) is 0 Å². The largest absolute Gasteiger partial charge is 0.384 e. The first-order valence-corrected chi connectivity index (χ1v) is 8.06. The Morgan fingerprint density at radius 3 is 3.05 bits per heavy atom. The fourth-order valence-corrected chi connectivity index (χ4v) is 3.83. The molecule has 1 aromatic rings. The van der Waals surface area contributed by atoms with Gasteiger partial charge in [0.1, 0.15) is 11.5 Å². The minimum Gasteiger partial charge on any atom is -0.384 e. The van der Waals surface area contributed by atoms with Crippen LogP contribution in [0.2, 0.25) is 0 Å². The number of hydrogen-bond acceptors (Lipinski definition) is 5. The molecule has 1 aliphatic rings. The Morgan fingerprint density at radius 2 is 2.33 bits per heavy atom. The van der Waals surface area contributed by atoms with Crippen molar-refractivity contribution in [2.45, 2.75) is 11.3 Å². The van der Waals surface area contributed by atoms with Crippen LogP contribution < -0.4 is 0 Å². The van der Waals surface area contributed by atoms with E-state index in [2.05, 4.69) is 16.8 Å². The number of hydrogen-bond donors (Lipinski definition) is 1. The highest BCUT2D eigenvalue weighted by atomic mass is 32.2. The second-order valence-electron chi connectivity index (χ2n) is 4.84. The number of ether oxygens (including phenoxy) is 1. The molecule has 0 aromatic carbocycles. The molecule has 0 saturated carbocycles. The summed E-state index contributed by atoms with van der Waals surface area (Å²) in [6.45, 7) is 1.24. The Bertz CT molecular complexity index is 648. The molecular weight excluding hydrogens is 292 g/mol. The summed E-state index contributed by atoms with van der Waals surface area (Å²) in [5, 5.41) is 8.68. The van der Waals surface area contributed by atoms with Gasteiger partial charge in [0, 0.05) is 38.2 Å². The summed E-state index contributed by atoms with van der Waals surface area (Å²) in [6, 6.07) is 1.48. The summed E-state index contributed by atoms with van der Waals surface area (Å²) in [7, 11) is -1.94. The van der Waals surface area contributed by atoms with E-state index < -0.39 is 10.0 Å². The zero-order valence-corrected chi connectivity index (χ0v) is 12.6. The summed E-state index contributed by atoms with van der Waals surface area (Å²) >= 11 is 0. The maximum atomic E-state index is 12.6. The predicted octanol–water partition coefficient (Wildman–Crippen LogP) is 0.0824. The monoisotopic (exact) mass is 310 g/mol. The van der Waals surface area contributed by atoms with Gasteiger partial charge in [-0.05, 0) is 18.4 Å². The van der Waals surface area contributed by atoms with Crippen molar-refractivity contribution >= 4 is 10.0 Å². The molecule has 114 valence electrons. The summed E-state index contributed by atoms with van der Waals surface area (Å²) in [4.78, 5) is 4.05. The zero-order valence-electron chi connectivity index (χ0n) is 11.8. The molecule has 1 saturated heterocycles. The third kappa shape index (κ3) is 3.80. The van der Waals surface area contributed by atoms with Gasteiger partial charge in [-0.1, -0.05) is 11.8 Å². The van der Waals surface area contributed by atoms with Crippen molar-refractivity contribution in [3.05, 3.63) is 24.0 Å². The van der Waals surface area contributed by atoms with Gasteiger partial charge in [-0.3, -0.25) is 4.98 Å². The van der Waals surface area contributed by atoms with E-state index in [9.17, 15) is 8.42 Å². The molecular formula is C14H18N2O4S. The highest BCUT2D eigenvalue weighted by Gasteiger charge is 2.32. The van der Waals surface area contributed by atoms with Crippen LogP contribution in [-0.2, 0) is 14.8 Å². The minimum atomic E-state index is -3.55. The number of aliphatic hydroxyl groups is 1. The molecule has 1 aromatic heterocycles. The van der Waals surface area contributed by atoms with Gasteiger partial charge in [0.15, 0.2) is 0 Å². The van der Waals surface area contributed by atoms with Crippen LogP contribution in [0.25, 0.3) is 0 Å². The molecule has 6 nitrogen and oxygen atoms in total. The minimum absolute atomic E-state index is 0.130. The Labute approximate surface area is 124 Å². The predicted molar refractivity (Wildman–Crippen MR) is 76.9 cm³/mol. The van der Waals surface area contributed by atoms with Gasteiger partial charge < -0.3 is 9.84 Å². The van der Waals surface area contributed by atoms with Crippen LogP contribution in [0.5, 0.6) is 0 Å². The fourth-order valence-electron chi connectivity index (χ4n) is 2.31. The highest BCUT2D eigenvalue weighted by Crippen LogP contribution is 2.24. The van der Waals surface area contributed by atoms with Crippen LogP contribution in [0.1, 0.15) is 12.0 Å². The van der Waals surface area contributed by atoms with Crippen LogP contribution >= 0.6 is 0 Å². The Balaban J connectivity index is 2.20. The first-order valence-electron chi connectivity index (χ1n) is 6.62. The molecule has 0 aliphatic carbocycles. The third-order valence-electron chi connectivity index (χ3n) is 3.31.